The highest BCUT2D eigenvalue weighted by Crippen LogP contribution is 2.17. The zero-order chi connectivity index (χ0) is 17.6. The number of hydrogen-bond acceptors (Lipinski definition) is 4. The Morgan fingerprint density at radius 1 is 1.16 bits per heavy atom. The second-order valence-electron chi connectivity index (χ2n) is 8.23. The summed E-state index contributed by atoms with van der Waals surface area (Å²) in [5.41, 5.74) is 0. The molecule has 2 heterocycles. The van der Waals surface area contributed by atoms with E-state index in [0.717, 1.165) is 24.8 Å². The van der Waals surface area contributed by atoms with Crippen LogP contribution in [0.15, 0.2) is 0 Å². The summed E-state index contributed by atoms with van der Waals surface area (Å²) < 4.78 is 7.18. The van der Waals surface area contributed by atoms with Gasteiger partial charge in [-0.3, -0.25) is 0 Å². The summed E-state index contributed by atoms with van der Waals surface area (Å²) in [5.74, 6) is 1.69. The summed E-state index contributed by atoms with van der Waals surface area (Å²) in [5, 5.41) is 12.6. The molecule has 1 aliphatic heterocycles. The fourth-order valence-corrected chi connectivity index (χ4v) is 4.71. The van der Waals surface area contributed by atoms with Crippen molar-refractivity contribution >= 4 is 0 Å². The number of quaternary nitrogens is 2. The van der Waals surface area contributed by atoms with Crippen molar-refractivity contribution < 1.29 is 14.5 Å². The molecule has 1 aliphatic carbocycles. The zero-order valence-corrected chi connectivity index (χ0v) is 16.2. The smallest absolute Gasteiger partial charge is 0.209 e. The van der Waals surface area contributed by atoms with Crippen LogP contribution < -0.4 is 9.80 Å². The molecule has 142 valence electrons. The maximum atomic E-state index is 5.22. The third-order valence-electron chi connectivity index (χ3n) is 6.05. The predicted octanol–water partition coefficient (Wildman–Crippen LogP) is -0.867. The molecule has 1 saturated carbocycles. The van der Waals surface area contributed by atoms with Gasteiger partial charge in [-0.15, -0.1) is 5.10 Å². The van der Waals surface area contributed by atoms with Gasteiger partial charge in [-0.2, -0.15) is 0 Å². The highest BCUT2D eigenvalue weighted by Gasteiger charge is 2.37. The number of methoxy groups -OCH3 is 1. The second-order valence-corrected chi connectivity index (χ2v) is 8.23. The molecule has 1 saturated heterocycles. The van der Waals surface area contributed by atoms with Gasteiger partial charge in [-0.05, 0) is 42.0 Å². The average molecular weight is 353 g/mol. The van der Waals surface area contributed by atoms with E-state index >= 15 is 0 Å². The minimum Gasteiger partial charge on any atom is -0.383 e. The maximum Gasteiger partial charge on any atom is 0.209 e. The molecule has 2 fully saturated rings. The number of piperazine rings is 1. The van der Waals surface area contributed by atoms with Crippen molar-refractivity contribution in [2.75, 3.05) is 39.9 Å². The third-order valence-corrected chi connectivity index (χ3v) is 6.05. The number of tetrazole rings is 1. The molecule has 3 rings (SSSR count). The highest BCUT2D eigenvalue weighted by atomic mass is 16.5. The van der Waals surface area contributed by atoms with E-state index in [4.69, 9.17) is 4.74 Å². The molecule has 1 atom stereocenters. The number of aromatic nitrogens is 4. The molecular formula is C18H36N6O+2. The largest absolute Gasteiger partial charge is 0.383 e. The van der Waals surface area contributed by atoms with Gasteiger partial charge in [0.15, 0.2) is 6.04 Å². The molecule has 0 radical (unpaired) electrons. The molecule has 7 nitrogen and oxygen atoms in total. The van der Waals surface area contributed by atoms with Gasteiger partial charge in [0.1, 0.15) is 26.2 Å². The number of nitrogens with zero attached hydrogens (tertiary/aromatic N) is 4. The maximum absolute atomic E-state index is 5.22. The minimum absolute atomic E-state index is 0.400. The molecule has 25 heavy (non-hydrogen) atoms. The van der Waals surface area contributed by atoms with Crippen molar-refractivity contribution in [2.45, 2.75) is 64.6 Å². The SMILES string of the molecule is COCCn1nnnc1[C@@H](CC(C)C)[NH+]1CC[NH+](C2CCCC2)CC1. The molecule has 0 amide bonds. The van der Waals surface area contributed by atoms with Crippen LogP contribution in [0.25, 0.3) is 0 Å². The van der Waals surface area contributed by atoms with Crippen LogP contribution in [0.3, 0.4) is 0 Å². The van der Waals surface area contributed by atoms with Crippen LogP contribution in [0.5, 0.6) is 0 Å². The Morgan fingerprint density at radius 2 is 1.88 bits per heavy atom. The van der Waals surface area contributed by atoms with Crippen molar-refractivity contribution in [2.24, 2.45) is 5.92 Å². The summed E-state index contributed by atoms with van der Waals surface area (Å²) in [7, 11) is 1.73. The van der Waals surface area contributed by atoms with E-state index < -0.39 is 0 Å². The van der Waals surface area contributed by atoms with Gasteiger partial charge in [0.25, 0.3) is 0 Å². The van der Waals surface area contributed by atoms with E-state index in [-0.39, 0.29) is 0 Å². The fraction of sp³-hybridized carbons (Fsp3) is 0.944. The molecule has 1 aromatic heterocycles. The lowest BCUT2D eigenvalue weighted by molar-refractivity contribution is -1.04. The van der Waals surface area contributed by atoms with Crippen molar-refractivity contribution in [3.8, 4) is 0 Å². The lowest BCUT2D eigenvalue weighted by Gasteiger charge is -2.36. The Balaban J connectivity index is 1.66. The summed E-state index contributed by atoms with van der Waals surface area (Å²) in [6.45, 7) is 11.1. The van der Waals surface area contributed by atoms with E-state index in [1.165, 1.54) is 51.9 Å². The van der Waals surface area contributed by atoms with Crippen LogP contribution in [-0.2, 0) is 11.3 Å². The molecule has 2 N–H and O–H groups in total. The van der Waals surface area contributed by atoms with Gasteiger partial charge in [0, 0.05) is 13.5 Å². The molecular weight excluding hydrogens is 316 g/mol. The monoisotopic (exact) mass is 352 g/mol. The number of nitrogens with one attached hydrogen (secondary N) is 2. The van der Waals surface area contributed by atoms with Gasteiger partial charge >= 0.3 is 0 Å². The van der Waals surface area contributed by atoms with Crippen LogP contribution in [0.1, 0.15) is 57.8 Å². The van der Waals surface area contributed by atoms with Crippen molar-refractivity contribution in [1.29, 1.82) is 0 Å². The van der Waals surface area contributed by atoms with Crippen LogP contribution in [-0.4, -0.2) is 66.1 Å². The Labute approximate surface area is 151 Å². The molecule has 0 bridgehead atoms. The van der Waals surface area contributed by atoms with Gasteiger partial charge in [-0.1, -0.05) is 13.8 Å². The second kappa shape index (κ2) is 9.05. The third kappa shape index (κ3) is 4.77. The molecule has 0 spiro atoms. The number of rotatable bonds is 8. The average Bonchev–Trinajstić information content (AvgIpc) is 3.29. The number of hydrogen-bond donors (Lipinski definition) is 2. The van der Waals surface area contributed by atoms with Crippen LogP contribution in [0, 0.1) is 5.92 Å². The summed E-state index contributed by atoms with van der Waals surface area (Å²) >= 11 is 0. The van der Waals surface area contributed by atoms with Gasteiger partial charge in [-0.25, -0.2) is 4.68 Å². The van der Waals surface area contributed by atoms with E-state index in [2.05, 4.69) is 29.4 Å². The molecule has 0 unspecified atom stereocenters. The van der Waals surface area contributed by atoms with Crippen LogP contribution in [0.2, 0.25) is 0 Å². The van der Waals surface area contributed by atoms with Crippen LogP contribution >= 0.6 is 0 Å². The molecule has 0 aromatic carbocycles. The number of ether oxygens (including phenoxy) is 1. The Morgan fingerprint density at radius 3 is 2.52 bits per heavy atom. The Hall–Kier alpha value is -1.05. The quantitative estimate of drug-likeness (QED) is 0.639. The standard InChI is InChI=1S/C18H34N6O/c1-15(2)14-17(18-19-20-21-24(18)12-13-25-3)23-10-8-22(9-11-23)16-6-4-5-7-16/h15-17H,4-14H2,1-3H3/p+2/t17-/m1/s1. The highest BCUT2D eigenvalue weighted by molar-refractivity contribution is 4.88. The molecule has 7 heteroatoms. The van der Waals surface area contributed by atoms with Gasteiger partial charge < -0.3 is 14.5 Å². The topological polar surface area (TPSA) is 61.7 Å². The Bertz CT molecular complexity index is 505. The summed E-state index contributed by atoms with van der Waals surface area (Å²) in [6.07, 6.45) is 6.90. The lowest BCUT2D eigenvalue weighted by Crippen LogP contribution is -3.29. The first-order chi connectivity index (χ1) is 12.2. The van der Waals surface area contributed by atoms with E-state index in [1.54, 1.807) is 12.0 Å². The van der Waals surface area contributed by atoms with E-state index in [0.29, 0.717) is 18.6 Å². The van der Waals surface area contributed by atoms with Crippen molar-refractivity contribution in [1.82, 2.24) is 20.2 Å². The van der Waals surface area contributed by atoms with Gasteiger partial charge in [0.05, 0.1) is 19.2 Å². The molecule has 2 aliphatic rings. The first-order valence-corrected chi connectivity index (χ1v) is 10.1. The Kier molecular flexibility index (Phi) is 6.78. The predicted molar refractivity (Wildman–Crippen MR) is 95.5 cm³/mol. The van der Waals surface area contributed by atoms with E-state index in [9.17, 15) is 0 Å². The van der Waals surface area contributed by atoms with Crippen LogP contribution in [0.4, 0.5) is 0 Å². The summed E-state index contributed by atoms with van der Waals surface area (Å²) in [4.78, 5) is 3.52. The van der Waals surface area contributed by atoms with Crippen molar-refractivity contribution in [3.63, 3.8) is 0 Å². The summed E-state index contributed by atoms with van der Waals surface area (Å²) in [6, 6.07) is 1.33. The molecule has 1 aromatic rings. The normalized spacial score (nSPS) is 26.4. The fourth-order valence-electron chi connectivity index (χ4n) is 4.71. The lowest BCUT2D eigenvalue weighted by atomic mass is 10.0. The first kappa shape index (κ1) is 18.7. The first-order valence-electron chi connectivity index (χ1n) is 10.1. The van der Waals surface area contributed by atoms with E-state index in [1.807, 2.05) is 9.58 Å². The zero-order valence-electron chi connectivity index (χ0n) is 16.2. The van der Waals surface area contributed by atoms with Gasteiger partial charge in [0.2, 0.25) is 5.82 Å². The minimum atomic E-state index is 0.400. The van der Waals surface area contributed by atoms with Crippen molar-refractivity contribution in [3.05, 3.63) is 5.82 Å².